The van der Waals surface area contributed by atoms with Crippen LogP contribution in [0.4, 0.5) is 0 Å². The maximum Gasteiger partial charge on any atom is -0.0164 e. The Labute approximate surface area is 80.7 Å². The minimum Gasteiger partial charge on any atom is -0.0773 e. The van der Waals surface area contributed by atoms with E-state index in [1.165, 1.54) is 44.9 Å². The summed E-state index contributed by atoms with van der Waals surface area (Å²) in [4.78, 5) is 0. The van der Waals surface area contributed by atoms with E-state index in [4.69, 9.17) is 0 Å². The monoisotopic (exact) mass is 174 g/mol. The van der Waals surface area contributed by atoms with E-state index in [0.717, 1.165) is 11.8 Å². The second-order valence-electron chi connectivity index (χ2n) is 4.85. The molecule has 0 heterocycles. The Morgan fingerprint density at radius 2 is 1.31 bits per heavy atom. The molecule has 0 saturated heterocycles. The molecule has 0 radical (unpaired) electrons. The van der Waals surface area contributed by atoms with Gasteiger partial charge in [-0.05, 0) is 61.5 Å². The van der Waals surface area contributed by atoms with Gasteiger partial charge in [-0.3, -0.25) is 0 Å². The number of hydrogen-bond donors (Lipinski definition) is 0. The SMILES string of the molecule is C1=C2CCCCC2=CC2CCCC12. The molecule has 0 amide bonds. The molecule has 0 aromatic heterocycles. The smallest absolute Gasteiger partial charge is 0.0164 e. The highest BCUT2D eigenvalue weighted by Crippen LogP contribution is 2.43. The van der Waals surface area contributed by atoms with Gasteiger partial charge in [-0.1, -0.05) is 18.6 Å². The summed E-state index contributed by atoms with van der Waals surface area (Å²) >= 11 is 0. The Bertz CT molecular complexity index is 242. The van der Waals surface area contributed by atoms with E-state index in [-0.39, 0.29) is 0 Å². The number of rotatable bonds is 0. The summed E-state index contributed by atoms with van der Waals surface area (Å²) in [6, 6.07) is 0. The van der Waals surface area contributed by atoms with Crippen LogP contribution in [-0.2, 0) is 0 Å². The summed E-state index contributed by atoms with van der Waals surface area (Å²) in [5.41, 5.74) is 3.43. The summed E-state index contributed by atoms with van der Waals surface area (Å²) in [7, 11) is 0. The second-order valence-corrected chi connectivity index (χ2v) is 4.85. The van der Waals surface area contributed by atoms with Crippen molar-refractivity contribution in [1.82, 2.24) is 0 Å². The van der Waals surface area contributed by atoms with Gasteiger partial charge in [-0.15, -0.1) is 0 Å². The first-order valence-electron chi connectivity index (χ1n) is 5.85. The predicted molar refractivity (Wildman–Crippen MR) is 55.5 cm³/mol. The van der Waals surface area contributed by atoms with Crippen LogP contribution in [0.5, 0.6) is 0 Å². The van der Waals surface area contributed by atoms with Gasteiger partial charge in [0.15, 0.2) is 0 Å². The van der Waals surface area contributed by atoms with Crippen molar-refractivity contribution in [2.24, 2.45) is 11.8 Å². The van der Waals surface area contributed by atoms with E-state index in [1.807, 2.05) is 0 Å². The zero-order chi connectivity index (χ0) is 8.67. The quantitative estimate of drug-likeness (QED) is 0.523. The molecule has 0 aromatic carbocycles. The van der Waals surface area contributed by atoms with Crippen molar-refractivity contribution in [1.29, 1.82) is 0 Å². The first-order chi connectivity index (χ1) is 6.43. The fourth-order valence-electron chi connectivity index (χ4n) is 3.28. The molecule has 70 valence electrons. The molecule has 3 aliphatic carbocycles. The standard InChI is InChI=1S/C13H18/c1-2-5-11-9-13-7-3-6-12(13)8-10(11)4-1/h8-9,12-13H,1-7H2. The van der Waals surface area contributed by atoms with E-state index in [1.54, 1.807) is 11.1 Å². The Balaban J connectivity index is 1.91. The van der Waals surface area contributed by atoms with Crippen molar-refractivity contribution in [2.45, 2.75) is 44.9 Å². The normalized spacial score (nSPS) is 37.5. The molecule has 3 rings (SSSR count). The lowest BCUT2D eigenvalue weighted by Crippen LogP contribution is -2.12. The van der Waals surface area contributed by atoms with Crippen molar-refractivity contribution >= 4 is 0 Å². The molecule has 0 N–H and O–H groups in total. The minimum absolute atomic E-state index is 0.928. The molecular formula is C13H18. The van der Waals surface area contributed by atoms with Gasteiger partial charge in [-0.25, -0.2) is 0 Å². The summed E-state index contributed by atoms with van der Waals surface area (Å²) < 4.78 is 0. The highest BCUT2D eigenvalue weighted by Gasteiger charge is 2.29. The van der Waals surface area contributed by atoms with E-state index >= 15 is 0 Å². The van der Waals surface area contributed by atoms with Gasteiger partial charge < -0.3 is 0 Å². The van der Waals surface area contributed by atoms with Crippen molar-refractivity contribution in [3.8, 4) is 0 Å². The van der Waals surface area contributed by atoms with Crippen LogP contribution < -0.4 is 0 Å². The minimum atomic E-state index is 0.928. The maximum absolute atomic E-state index is 2.62. The van der Waals surface area contributed by atoms with Crippen LogP contribution in [0.3, 0.4) is 0 Å². The van der Waals surface area contributed by atoms with E-state index < -0.39 is 0 Å². The molecule has 2 saturated carbocycles. The Morgan fingerprint density at radius 3 is 1.85 bits per heavy atom. The van der Waals surface area contributed by atoms with Gasteiger partial charge in [0.05, 0.1) is 0 Å². The predicted octanol–water partition coefficient (Wildman–Crippen LogP) is 3.84. The highest BCUT2D eigenvalue weighted by molar-refractivity contribution is 5.37. The van der Waals surface area contributed by atoms with Gasteiger partial charge in [0, 0.05) is 0 Å². The Kier molecular flexibility index (Phi) is 1.81. The zero-order valence-electron chi connectivity index (χ0n) is 8.26. The molecule has 3 aliphatic rings. The van der Waals surface area contributed by atoms with Crippen LogP contribution in [0.15, 0.2) is 23.3 Å². The molecule has 0 aliphatic heterocycles. The molecule has 13 heavy (non-hydrogen) atoms. The summed E-state index contributed by atoms with van der Waals surface area (Å²) in [6.07, 6.45) is 15.2. The van der Waals surface area contributed by atoms with Crippen molar-refractivity contribution in [3.05, 3.63) is 23.3 Å². The Hall–Kier alpha value is -0.520. The third-order valence-corrected chi connectivity index (χ3v) is 4.01. The number of hydrogen-bond acceptors (Lipinski definition) is 0. The molecule has 0 nitrogen and oxygen atoms in total. The average Bonchev–Trinajstić information content (AvgIpc) is 2.61. The zero-order valence-corrected chi connectivity index (χ0v) is 8.26. The van der Waals surface area contributed by atoms with Gasteiger partial charge in [0.25, 0.3) is 0 Å². The van der Waals surface area contributed by atoms with E-state index in [2.05, 4.69) is 12.2 Å². The average molecular weight is 174 g/mol. The van der Waals surface area contributed by atoms with Gasteiger partial charge in [-0.2, -0.15) is 0 Å². The van der Waals surface area contributed by atoms with E-state index in [0.29, 0.717) is 0 Å². The molecule has 2 unspecified atom stereocenters. The van der Waals surface area contributed by atoms with Crippen molar-refractivity contribution in [3.63, 3.8) is 0 Å². The third kappa shape index (κ3) is 1.27. The molecule has 0 aromatic rings. The lowest BCUT2D eigenvalue weighted by molar-refractivity contribution is 0.523. The molecule has 0 spiro atoms. The number of fused-ring (bicyclic) bond motifs is 2. The lowest BCUT2D eigenvalue weighted by atomic mass is 9.78. The van der Waals surface area contributed by atoms with Gasteiger partial charge in [0.1, 0.15) is 0 Å². The van der Waals surface area contributed by atoms with Crippen LogP contribution >= 0.6 is 0 Å². The van der Waals surface area contributed by atoms with Gasteiger partial charge >= 0.3 is 0 Å². The maximum atomic E-state index is 2.62. The van der Waals surface area contributed by atoms with Crippen LogP contribution in [0, 0.1) is 11.8 Å². The fraction of sp³-hybridized carbons (Fsp3) is 0.692. The van der Waals surface area contributed by atoms with E-state index in [9.17, 15) is 0 Å². The number of allylic oxidation sites excluding steroid dienone is 4. The van der Waals surface area contributed by atoms with Crippen LogP contribution in [0.25, 0.3) is 0 Å². The third-order valence-electron chi connectivity index (χ3n) is 4.01. The fourth-order valence-corrected chi connectivity index (χ4v) is 3.28. The largest absolute Gasteiger partial charge is 0.0773 e. The van der Waals surface area contributed by atoms with Crippen molar-refractivity contribution in [2.75, 3.05) is 0 Å². The second kappa shape index (κ2) is 3.01. The van der Waals surface area contributed by atoms with Crippen LogP contribution in [0.1, 0.15) is 44.9 Å². The molecule has 2 atom stereocenters. The molecule has 0 heteroatoms. The van der Waals surface area contributed by atoms with Crippen LogP contribution in [-0.4, -0.2) is 0 Å². The highest BCUT2D eigenvalue weighted by atomic mass is 14.3. The Morgan fingerprint density at radius 1 is 0.769 bits per heavy atom. The first kappa shape index (κ1) is 7.84. The summed E-state index contributed by atoms with van der Waals surface area (Å²) in [5.74, 6) is 1.86. The summed E-state index contributed by atoms with van der Waals surface area (Å²) in [5, 5.41) is 0. The lowest BCUT2D eigenvalue weighted by Gasteiger charge is -2.27. The molecule has 0 bridgehead atoms. The molecule has 2 fully saturated rings. The molecular weight excluding hydrogens is 156 g/mol. The van der Waals surface area contributed by atoms with Crippen molar-refractivity contribution < 1.29 is 0 Å². The van der Waals surface area contributed by atoms with Gasteiger partial charge in [0.2, 0.25) is 0 Å². The van der Waals surface area contributed by atoms with Crippen LogP contribution in [0.2, 0.25) is 0 Å². The topological polar surface area (TPSA) is 0 Å². The first-order valence-corrected chi connectivity index (χ1v) is 5.85. The summed E-state index contributed by atoms with van der Waals surface area (Å²) in [6.45, 7) is 0.